The second-order valence-electron chi connectivity index (χ2n) is 5.77. The highest BCUT2D eigenvalue weighted by atomic mass is 35.5. The monoisotopic (exact) mass is 395 g/mol. The molecule has 1 aromatic heterocycles. The molecule has 5 nitrogen and oxygen atoms in total. The lowest BCUT2D eigenvalue weighted by atomic mass is 10.2. The number of aromatic nitrogens is 2. The molecule has 2 N–H and O–H groups in total. The lowest BCUT2D eigenvalue weighted by Crippen LogP contribution is -2.20. The van der Waals surface area contributed by atoms with Crippen molar-refractivity contribution in [2.45, 2.75) is 13.1 Å². The van der Waals surface area contributed by atoms with Crippen molar-refractivity contribution in [2.24, 2.45) is 0 Å². The van der Waals surface area contributed by atoms with Gasteiger partial charge in [0.25, 0.3) is 5.91 Å². The maximum Gasteiger partial charge on any atom is 0.434 e. The standard InChI is InChI=1S/C18H13ClF3N3O2/c1-10-2-5-12(6-3-10)25-16(18(20,21)22)13(9-23-25)17(27)24-14-7-4-11(19)8-15(14)26/h2-9,26H,1H3,(H,24,27). The van der Waals surface area contributed by atoms with Crippen molar-refractivity contribution in [1.29, 1.82) is 0 Å². The van der Waals surface area contributed by atoms with E-state index in [1.54, 1.807) is 19.1 Å². The number of carbonyl (C=O) groups is 1. The molecule has 0 saturated heterocycles. The fraction of sp³-hybridized carbons (Fsp3) is 0.111. The topological polar surface area (TPSA) is 67.2 Å². The molecular weight excluding hydrogens is 383 g/mol. The third-order valence-corrected chi connectivity index (χ3v) is 4.00. The molecule has 2 aromatic carbocycles. The van der Waals surface area contributed by atoms with Gasteiger partial charge in [0.2, 0.25) is 0 Å². The number of nitrogens with one attached hydrogen (secondary N) is 1. The zero-order chi connectivity index (χ0) is 19.8. The summed E-state index contributed by atoms with van der Waals surface area (Å²) in [5, 5.41) is 16.0. The highest BCUT2D eigenvalue weighted by Crippen LogP contribution is 2.34. The molecule has 9 heteroatoms. The number of aromatic hydroxyl groups is 1. The van der Waals surface area contributed by atoms with Crippen molar-refractivity contribution < 1.29 is 23.1 Å². The molecule has 1 amide bonds. The Bertz CT molecular complexity index is 998. The smallest absolute Gasteiger partial charge is 0.434 e. The van der Waals surface area contributed by atoms with Crippen molar-refractivity contribution in [2.75, 3.05) is 5.32 Å². The van der Waals surface area contributed by atoms with Crippen molar-refractivity contribution in [3.05, 3.63) is 70.5 Å². The van der Waals surface area contributed by atoms with Gasteiger partial charge in [-0.15, -0.1) is 0 Å². The Morgan fingerprint density at radius 2 is 1.85 bits per heavy atom. The molecule has 0 aliphatic rings. The van der Waals surface area contributed by atoms with Crippen LogP contribution in [-0.2, 0) is 6.18 Å². The van der Waals surface area contributed by atoms with Crippen LogP contribution in [0.1, 0.15) is 21.6 Å². The van der Waals surface area contributed by atoms with E-state index in [1.807, 2.05) is 0 Å². The first kappa shape index (κ1) is 18.8. The first-order valence-corrected chi connectivity index (χ1v) is 8.07. The molecule has 0 saturated carbocycles. The summed E-state index contributed by atoms with van der Waals surface area (Å²) in [7, 11) is 0. The molecule has 0 unspecified atom stereocenters. The summed E-state index contributed by atoms with van der Waals surface area (Å²) >= 11 is 5.70. The summed E-state index contributed by atoms with van der Waals surface area (Å²) < 4.78 is 41.6. The van der Waals surface area contributed by atoms with Crippen LogP contribution in [0.5, 0.6) is 5.75 Å². The molecule has 0 radical (unpaired) electrons. The number of halogens is 4. The van der Waals surface area contributed by atoms with Crippen LogP contribution in [0.3, 0.4) is 0 Å². The number of anilines is 1. The highest BCUT2D eigenvalue weighted by Gasteiger charge is 2.40. The quantitative estimate of drug-likeness (QED) is 0.625. The van der Waals surface area contributed by atoms with Gasteiger partial charge in [-0.25, -0.2) is 4.68 Å². The predicted molar refractivity (Wildman–Crippen MR) is 94.4 cm³/mol. The number of aryl methyl sites for hydroxylation is 1. The van der Waals surface area contributed by atoms with Gasteiger partial charge in [0, 0.05) is 11.1 Å². The minimum Gasteiger partial charge on any atom is -0.506 e. The number of hydrogen-bond donors (Lipinski definition) is 2. The summed E-state index contributed by atoms with van der Waals surface area (Å²) in [6.45, 7) is 1.80. The number of benzene rings is 2. The summed E-state index contributed by atoms with van der Waals surface area (Å²) in [6.07, 6.45) is -3.99. The van der Waals surface area contributed by atoms with E-state index in [9.17, 15) is 23.1 Å². The largest absolute Gasteiger partial charge is 0.506 e. The van der Waals surface area contributed by atoms with Crippen LogP contribution < -0.4 is 5.32 Å². The Morgan fingerprint density at radius 3 is 2.44 bits per heavy atom. The van der Waals surface area contributed by atoms with E-state index in [-0.39, 0.29) is 22.1 Å². The Balaban J connectivity index is 2.02. The molecule has 3 aromatic rings. The normalized spacial score (nSPS) is 11.4. The summed E-state index contributed by atoms with van der Waals surface area (Å²) in [5.41, 5.74) is -0.910. The van der Waals surface area contributed by atoms with E-state index in [1.165, 1.54) is 24.3 Å². The number of phenols is 1. The second-order valence-corrected chi connectivity index (χ2v) is 6.20. The fourth-order valence-corrected chi connectivity index (χ4v) is 2.64. The number of amides is 1. The molecule has 3 rings (SSSR count). The molecule has 0 bridgehead atoms. The minimum atomic E-state index is -4.82. The minimum absolute atomic E-state index is 0.0689. The van der Waals surface area contributed by atoms with Gasteiger partial charge in [-0.1, -0.05) is 29.3 Å². The van der Waals surface area contributed by atoms with E-state index >= 15 is 0 Å². The van der Waals surface area contributed by atoms with Gasteiger partial charge < -0.3 is 10.4 Å². The Morgan fingerprint density at radius 1 is 1.19 bits per heavy atom. The predicted octanol–water partition coefficient (Wildman–Crippen LogP) is 4.81. The van der Waals surface area contributed by atoms with Crippen molar-refractivity contribution in [3.63, 3.8) is 0 Å². The molecule has 0 atom stereocenters. The number of rotatable bonds is 3. The molecule has 140 valence electrons. The Labute approximate surface area is 157 Å². The van der Waals surface area contributed by atoms with Crippen LogP contribution in [-0.4, -0.2) is 20.8 Å². The van der Waals surface area contributed by atoms with E-state index < -0.39 is 23.3 Å². The maximum atomic E-state index is 13.6. The molecule has 0 aliphatic heterocycles. The molecule has 1 heterocycles. The number of phenolic OH excluding ortho intramolecular Hbond substituents is 1. The van der Waals surface area contributed by atoms with Crippen LogP contribution in [0.2, 0.25) is 5.02 Å². The lowest BCUT2D eigenvalue weighted by Gasteiger charge is -2.13. The fourth-order valence-electron chi connectivity index (χ4n) is 2.47. The summed E-state index contributed by atoms with van der Waals surface area (Å²) in [5.74, 6) is -1.42. The lowest BCUT2D eigenvalue weighted by molar-refractivity contribution is -0.143. The zero-order valence-corrected chi connectivity index (χ0v) is 14.6. The molecule has 27 heavy (non-hydrogen) atoms. The third-order valence-electron chi connectivity index (χ3n) is 3.77. The van der Waals surface area contributed by atoms with Gasteiger partial charge in [-0.3, -0.25) is 4.79 Å². The van der Waals surface area contributed by atoms with Gasteiger partial charge in [0.15, 0.2) is 5.69 Å². The highest BCUT2D eigenvalue weighted by molar-refractivity contribution is 6.30. The first-order valence-electron chi connectivity index (χ1n) is 7.69. The van der Waals surface area contributed by atoms with E-state index in [0.29, 0.717) is 4.68 Å². The van der Waals surface area contributed by atoms with Crippen LogP contribution >= 0.6 is 11.6 Å². The van der Waals surface area contributed by atoms with Gasteiger partial charge in [0.1, 0.15) is 5.75 Å². The van der Waals surface area contributed by atoms with Crippen molar-refractivity contribution in [1.82, 2.24) is 9.78 Å². The van der Waals surface area contributed by atoms with E-state index in [2.05, 4.69) is 10.4 Å². The molecule has 0 spiro atoms. The zero-order valence-electron chi connectivity index (χ0n) is 13.9. The Hall–Kier alpha value is -3.00. The average Bonchev–Trinajstić information content (AvgIpc) is 3.03. The first-order chi connectivity index (χ1) is 12.7. The summed E-state index contributed by atoms with van der Waals surface area (Å²) in [6, 6.07) is 10.1. The van der Waals surface area contributed by atoms with E-state index in [4.69, 9.17) is 11.6 Å². The van der Waals surface area contributed by atoms with Gasteiger partial charge >= 0.3 is 6.18 Å². The average molecular weight is 396 g/mol. The van der Waals surface area contributed by atoms with Crippen LogP contribution in [0.25, 0.3) is 5.69 Å². The molecular formula is C18H13ClF3N3O2. The second kappa shape index (κ2) is 6.96. The third kappa shape index (κ3) is 3.90. The number of nitrogens with zero attached hydrogens (tertiary/aromatic N) is 2. The van der Waals surface area contributed by atoms with Crippen molar-refractivity contribution in [3.8, 4) is 11.4 Å². The molecule has 0 aliphatic carbocycles. The van der Waals surface area contributed by atoms with Crippen LogP contribution in [0.15, 0.2) is 48.7 Å². The van der Waals surface area contributed by atoms with Crippen molar-refractivity contribution >= 4 is 23.2 Å². The van der Waals surface area contributed by atoms with Gasteiger partial charge in [-0.2, -0.15) is 18.3 Å². The van der Waals surface area contributed by atoms with E-state index in [0.717, 1.165) is 17.8 Å². The number of alkyl halides is 3. The van der Waals surface area contributed by atoms with Crippen LogP contribution in [0.4, 0.5) is 18.9 Å². The summed E-state index contributed by atoms with van der Waals surface area (Å²) in [4.78, 5) is 12.4. The van der Waals surface area contributed by atoms with Gasteiger partial charge in [0.05, 0.1) is 23.1 Å². The number of carbonyl (C=O) groups excluding carboxylic acids is 1. The maximum absolute atomic E-state index is 13.6. The molecule has 0 fully saturated rings. The Kier molecular flexibility index (Phi) is 4.84. The van der Waals surface area contributed by atoms with Gasteiger partial charge in [-0.05, 0) is 31.2 Å². The SMILES string of the molecule is Cc1ccc(-n2ncc(C(=O)Nc3ccc(Cl)cc3O)c2C(F)(F)F)cc1. The number of hydrogen-bond acceptors (Lipinski definition) is 3. The van der Waals surface area contributed by atoms with Crippen LogP contribution in [0, 0.1) is 6.92 Å².